The van der Waals surface area contributed by atoms with Crippen LogP contribution in [0.25, 0.3) is 0 Å². The monoisotopic (exact) mass is 230 g/mol. The van der Waals surface area contributed by atoms with E-state index in [1.54, 1.807) is 0 Å². The molecule has 4 nitrogen and oxygen atoms in total. The summed E-state index contributed by atoms with van der Waals surface area (Å²) >= 11 is 0. The third-order valence-corrected chi connectivity index (χ3v) is 1.18. The van der Waals surface area contributed by atoms with Crippen LogP contribution in [0.1, 0.15) is 13.8 Å². The molecule has 5 heteroatoms. The minimum atomic E-state index is -0.833. The standard InChI is InChI=1S/C6H7P.2C2H4O2/c7-6-4-2-1-3-5-6;2*1-2(3)4/h1-5H,7H2;2*1H3,(H,3,4). The summed E-state index contributed by atoms with van der Waals surface area (Å²) in [5, 5.41) is 16.1. The van der Waals surface area contributed by atoms with Crippen molar-refractivity contribution in [3.63, 3.8) is 0 Å². The fourth-order valence-corrected chi connectivity index (χ4v) is 0.675. The normalized spacial score (nSPS) is 7.40. The molecule has 84 valence electrons. The summed E-state index contributed by atoms with van der Waals surface area (Å²) in [6, 6.07) is 10.1. The minimum Gasteiger partial charge on any atom is -0.481 e. The van der Waals surface area contributed by atoms with Crippen molar-refractivity contribution in [2.45, 2.75) is 13.8 Å². The zero-order chi connectivity index (χ0) is 12.3. The van der Waals surface area contributed by atoms with Crippen LogP contribution in [0.2, 0.25) is 0 Å². The molecule has 0 saturated carbocycles. The van der Waals surface area contributed by atoms with Crippen molar-refractivity contribution in [1.82, 2.24) is 0 Å². The quantitative estimate of drug-likeness (QED) is 0.660. The van der Waals surface area contributed by atoms with Crippen LogP contribution >= 0.6 is 9.24 Å². The molecule has 0 fully saturated rings. The van der Waals surface area contributed by atoms with Crippen molar-refractivity contribution >= 4 is 26.5 Å². The van der Waals surface area contributed by atoms with Gasteiger partial charge in [0, 0.05) is 13.8 Å². The molecule has 1 unspecified atom stereocenters. The van der Waals surface area contributed by atoms with Gasteiger partial charge in [0.25, 0.3) is 11.9 Å². The first-order valence-electron chi connectivity index (χ1n) is 4.05. The Bertz CT molecular complexity index is 265. The van der Waals surface area contributed by atoms with Crippen LogP contribution in [0.15, 0.2) is 30.3 Å². The van der Waals surface area contributed by atoms with Gasteiger partial charge >= 0.3 is 0 Å². The van der Waals surface area contributed by atoms with Crippen molar-refractivity contribution in [2.75, 3.05) is 0 Å². The van der Waals surface area contributed by atoms with Crippen LogP contribution in [0.5, 0.6) is 0 Å². The summed E-state index contributed by atoms with van der Waals surface area (Å²) in [5.74, 6) is -1.67. The number of carboxylic acids is 2. The molecule has 0 spiro atoms. The highest BCUT2D eigenvalue weighted by atomic mass is 31.0. The lowest BCUT2D eigenvalue weighted by atomic mass is 10.4. The van der Waals surface area contributed by atoms with Gasteiger partial charge in [-0.2, -0.15) is 0 Å². The van der Waals surface area contributed by atoms with E-state index in [-0.39, 0.29) is 0 Å². The van der Waals surface area contributed by atoms with Crippen molar-refractivity contribution in [3.8, 4) is 0 Å². The van der Waals surface area contributed by atoms with Gasteiger partial charge in [0.05, 0.1) is 0 Å². The first-order chi connectivity index (χ1) is 6.86. The maximum Gasteiger partial charge on any atom is 0.300 e. The summed E-state index contributed by atoms with van der Waals surface area (Å²) < 4.78 is 0. The van der Waals surface area contributed by atoms with E-state index in [0.29, 0.717) is 0 Å². The van der Waals surface area contributed by atoms with E-state index in [4.69, 9.17) is 19.8 Å². The molecule has 0 aromatic heterocycles. The molecule has 0 amide bonds. The largest absolute Gasteiger partial charge is 0.481 e. The predicted molar refractivity (Wildman–Crippen MR) is 62.4 cm³/mol. The second-order valence-electron chi connectivity index (χ2n) is 2.45. The second kappa shape index (κ2) is 10.7. The third-order valence-electron chi connectivity index (χ3n) is 0.800. The molecule has 15 heavy (non-hydrogen) atoms. The van der Waals surface area contributed by atoms with Crippen LogP contribution in [-0.4, -0.2) is 22.2 Å². The summed E-state index contributed by atoms with van der Waals surface area (Å²) in [6.07, 6.45) is 0. The Balaban J connectivity index is 0. The molecular formula is C10H15O4P. The van der Waals surface area contributed by atoms with Gasteiger partial charge in [-0.15, -0.1) is 9.24 Å². The Labute approximate surface area is 91.1 Å². The van der Waals surface area contributed by atoms with Gasteiger partial charge in [-0.3, -0.25) is 9.59 Å². The molecule has 0 saturated heterocycles. The number of aliphatic carboxylic acids is 2. The number of rotatable bonds is 0. The fraction of sp³-hybridized carbons (Fsp3) is 0.200. The summed E-state index contributed by atoms with van der Waals surface area (Å²) in [7, 11) is 2.63. The maximum atomic E-state index is 9.00. The highest BCUT2D eigenvalue weighted by Crippen LogP contribution is 1.86. The van der Waals surface area contributed by atoms with Crippen LogP contribution in [0.3, 0.4) is 0 Å². The second-order valence-corrected chi connectivity index (χ2v) is 3.12. The molecule has 0 heterocycles. The Morgan fingerprint density at radius 2 is 1.27 bits per heavy atom. The summed E-state index contributed by atoms with van der Waals surface area (Å²) in [6.45, 7) is 2.17. The lowest BCUT2D eigenvalue weighted by Crippen LogP contribution is -1.82. The lowest BCUT2D eigenvalue weighted by molar-refractivity contribution is -0.135. The van der Waals surface area contributed by atoms with E-state index in [9.17, 15) is 0 Å². The molecule has 1 aromatic carbocycles. The van der Waals surface area contributed by atoms with E-state index in [2.05, 4.69) is 9.24 Å². The van der Waals surface area contributed by atoms with E-state index in [0.717, 1.165) is 13.8 Å². The van der Waals surface area contributed by atoms with Crippen molar-refractivity contribution < 1.29 is 19.8 Å². The molecule has 0 aliphatic rings. The maximum absolute atomic E-state index is 9.00. The van der Waals surface area contributed by atoms with E-state index >= 15 is 0 Å². The minimum absolute atomic E-state index is 0.833. The summed E-state index contributed by atoms with van der Waals surface area (Å²) in [5.41, 5.74) is 0. The van der Waals surface area contributed by atoms with Crippen LogP contribution < -0.4 is 5.30 Å². The molecule has 0 aliphatic carbocycles. The highest BCUT2D eigenvalue weighted by Gasteiger charge is 1.72. The first kappa shape index (κ1) is 16.0. The smallest absolute Gasteiger partial charge is 0.300 e. The van der Waals surface area contributed by atoms with Gasteiger partial charge in [-0.25, -0.2) is 0 Å². The van der Waals surface area contributed by atoms with Gasteiger partial charge in [0.1, 0.15) is 0 Å². The average molecular weight is 230 g/mol. The molecule has 1 aromatic rings. The Morgan fingerprint density at radius 3 is 1.40 bits per heavy atom. The van der Waals surface area contributed by atoms with E-state index in [1.807, 2.05) is 30.3 Å². The van der Waals surface area contributed by atoms with Crippen molar-refractivity contribution in [1.29, 1.82) is 0 Å². The fourth-order valence-electron chi connectivity index (χ4n) is 0.453. The van der Waals surface area contributed by atoms with Crippen molar-refractivity contribution in [2.24, 2.45) is 0 Å². The van der Waals surface area contributed by atoms with Gasteiger partial charge < -0.3 is 10.2 Å². The average Bonchev–Trinajstić information content (AvgIpc) is 2.03. The summed E-state index contributed by atoms with van der Waals surface area (Å²) in [4.78, 5) is 18.0. The number of hydrogen-bond acceptors (Lipinski definition) is 2. The van der Waals surface area contributed by atoms with Crippen LogP contribution in [-0.2, 0) is 9.59 Å². The molecule has 0 radical (unpaired) electrons. The Hall–Kier alpha value is -1.41. The molecule has 0 aliphatic heterocycles. The zero-order valence-electron chi connectivity index (χ0n) is 8.68. The zero-order valence-corrected chi connectivity index (χ0v) is 9.83. The van der Waals surface area contributed by atoms with E-state index in [1.165, 1.54) is 5.30 Å². The van der Waals surface area contributed by atoms with Crippen LogP contribution in [0, 0.1) is 0 Å². The van der Waals surface area contributed by atoms with Crippen molar-refractivity contribution in [3.05, 3.63) is 30.3 Å². The molecule has 1 rings (SSSR count). The third kappa shape index (κ3) is 32.5. The number of benzene rings is 1. The SMILES string of the molecule is CC(=O)O.CC(=O)O.Pc1ccccc1. The molecular weight excluding hydrogens is 215 g/mol. The molecule has 1 atom stereocenters. The molecule has 2 N–H and O–H groups in total. The number of hydrogen-bond donors (Lipinski definition) is 2. The van der Waals surface area contributed by atoms with Gasteiger partial charge in [-0.05, 0) is 5.30 Å². The Kier molecular flexibility index (Phi) is 11.4. The number of carbonyl (C=O) groups is 2. The number of carboxylic acid groups (broad SMARTS) is 2. The first-order valence-corrected chi connectivity index (χ1v) is 4.63. The van der Waals surface area contributed by atoms with Gasteiger partial charge in [0.15, 0.2) is 0 Å². The molecule has 0 bridgehead atoms. The predicted octanol–water partition coefficient (Wildman–Crippen LogP) is 1.37. The van der Waals surface area contributed by atoms with Gasteiger partial charge in [-0.1, -0.05) is 30.3 Å². The van der Waals surface area contributed by atoms with Crippen LogP contribution in [0.4, 0.5) is 0 Å². The topological polar surface area (TPSA) is 74.6 Å². The lowest BCUT2D eigenvalue weighted by Gasteiger charge is -1.82. The van der Waals surface area contributed by atoms with Gasteiger partial charge in [0.2, 0.25) is 0 Å². The Morgan fingerprint density at radius 1 is 1.00 bits per heavy atom. The van der Waals surface area contributed by atoms with E-state index < -0.39 is 11.9 Å². The highest BCUT2D eigenvalue weighted by molar-refractivity contribution is 7.27.